The molecular formula is C24H32N2O3S2. The quantitative estimate of drug-likeness (QED) is 0.616. The molecule has 1 heterocycles. The van der Waals surface area contributed by atoms with Crippen LogP contribution >= 0.6 is 11.8 Å². The molecule has 1 atom stereocenters. The molecule has 2 aromatic rings. The minimum atomic E-state index is -3.79. The summed E-state index contributed by atoms with van der Waals surface area (Å²) in [5.74, 6) is -0.0841. The van der Waals surface area contributed by atoms with E-state index in [-0.39, 0.29) is 16.8 Å². The van der Waals surface area contributed by atoms with Crippen LogP contribution in [-0.2, 0) is 10.0 Å². The molecule has 5 nitrogen and oxygen atoms in total. The van der Waals surface area contributed by atoms with Gasteiger partial charge in [0.25, 0.3) is 5.91 Å². The highest BCUT2D eigenvalue weighted by molar-refractivity contribution is 7.98. The number of piperidine rings is 1. The SMILES string of the molecule is CSc1ccc(S(=O)(=O)N[C@H](C)c2cc(C)c(C)cc2C)cc1C(=O)N1CCCCC1. The molecule has 1 amide bonds. The van der Waals surface area contributed by atoms with Gasteiger partial charge < -0.3 is 4.90 Å². The molecule has 0 aliphatic carbocycles. The summed E-state index contributed by atoms with van der Waals surface area (Å²) < 4.78 is 29.2. The third-order valence-corrected chi connectivity index (χ3v) is 8.37. The van der Waals surface area contributed by atoms with Crippen LogP contribution in [0, 0.1) is 20.8 Å². The van der Waals surface area contributed by atoms with Crippen LogP contribution in [0.1, 0.15) is 64.8 Å². The summed E-state index contributed by atoms with van der Waals surface area (Å²) >= 11 is 1.46. The van der Waals surface area contributed by atoms with Gasteiger partial charge in [-0.2, -0.15) is 0 Å². The maximum absolute atomic E-state index is 13.2. The Morgan fingerprint density at radius 2 is 1.65 bits per heavy atom. The fourth-order valence-electron chi connectivity index (χ4n) is 4.10. The van der Waals surface area contributed by atoms with E-state index in [9.17, 15) is 13.2 Å². The van der Waals surface area contributed by atoms with Gasteiger partial charge in [-0.3, -0.25) is 4.79 Å². The van der Waals surface area contributed by atoms with Gasteiger partial charge in [0.05, 0.1) is 10.5 Å². The molecule has 0 bridgehead atoms. The average molecular weight is 461 g/mol. The molecule has 1 aliphatic heterocycles. The van der Waals surface area contributed by atoms with E-state index in [2.05, 4.69) is 17.7 Å². The zero-order valence-electron chi connectivity index (χ0n) is 19.0. The molecule has 1 fully saturated rings. The largest absolute Gasteiger partial charge is 0.339 e. The number of carbonyl (C=O) groups is 1. The topological polar surface area (TPSA) is 66.5 Å². The number of carbonyl (C=O) groups excluding carboxylic acids is 1. The summed E-state index contributed by atoms with van der Waals surface area (Å²) in [6, 6.07) is 8.60. The summed E-state index contributed by atoms with van der Waals surface area (Å²) in [7, 11) is -3.79. The predicted octanol–water partition coefficient (Wildman–Crippen LogP) is 5.00. The van der Waals surface area contributed by atoms with Gasteiger partial charge >= 0.3 is 0 Å². The van der Waals surface area contributed by atoms with Gasteiger partial charge in [-0.15, -0.1) is 11.8 Å². The van der Waals surface area contributed by atoms with Gasteiger partial charge in [-0.05, 0) is 93.7 Å². The summed E-state index contributed by atoms with van der Waals surface area (Å²) in [6.07, 6.45) is 5.02. The van der Waals surface area contributed by atoms with E-state index in [1.165, 1.54) is 23.4 Å². The van der Waals surface area contributed by atoms with E-state index in [4.69, 9.17) is 0 Å². The van der Waals surface area contributed by atoms with Gasteiger partial charge in [0, 0.05) is 24.0 Å². The lowest BCUT2D eigenvalue weighted by Crippen LogP contribution is -2.36. The number of likely N-dealkylation sites (tertiary alicyclic amines) is 1. The van der Waals surface area contributed by atoms with Gasteiger partial charge in [-0.1, -0.05) is 12.1 Å². The third-order valence-electron chi connectivity index (χ3n) is 6.04. The van der Waals surface area contributed by atoms with Gasteiger partial charge in [0.15, 0.2) is 0 Å². The number of benzene rings is 2. The first-order chi connectivity index (χ1) is 14.6. The minimum absolute atomic E-state index is 0.0841. The lowest BCUT2D eigenvalue weighted by Gasteiger charge is -2.27. The zero-order chi connectivity index (χ0) is 22.8. The Labute approximate surface area is 190 Å². The number of thioether (sulfide) groups is 1. The fraction of sp³-hybridized carbons (Fsp3) is 0.458. The molecule has 31 heavy (non-hydrogen) atoms. The third kappa shape index (κ3) is 5.33. The fourth-order valence-corrected chi connectivity index (χ4v) is 5.92. The predicted molar refractivity (Wildman–Crippen MR) is 127 cm³/mol. The first-order valence-corrected chi connectivity index (χ1v) is 13.4. The van der Waals surface area contributed by atoms with Crippen molar-refractivity contribution in [1.29, 1.82) is 0 Å². The first-order valence-electron chi connectivity index (χ1n) is 10.7. The van der Waals surface area contributed by atoms with E-state index in [1.54, 1.807) is 12.1 Å². The summed E-state index contributed by atoms with van der Waals surface area (Å²) in [4.78, 5) is 15.9. The second kappa shape index (κ2) is 9.76. The van der Waals surface area contributed by atoms with Crippen molar-refractivity contribution in [2.24, 2.45) is 0 Å². The lowest BCUT2D eigenvalue weighted by molar-refractivity contribution is 0.0720. The van der Waals surface area contributed by atoms with Gasteiger partial charge in [0.1, 0.15) is 0 Å². The van der Waals surface area contributed by atoms with Crippen molar-refractivity contribution in [1.82, 2.24) is 9.62 Å². The second-order valence-corrected chi connectivity index (χ2v) is 10.9. The van der Waals surface area contributed by atoms with Crippen molar-refractivity contribution < 1.29 is 13.2 Å². The van der Waals surface area contributed by atoms with Crippen molar-refractivity contribution in [3.05, 3.63) is 58.1 Å². The van der Waals surface area contributed by atoms with Crippen molar-refractivity contribution in [3.8, 4) is 0 Å². The number of hydrogen-bond donors (Lipinski definition) is 1. The summed E-state index contributed by atoms with van der Waals surface area (Å²) in [6.45, 7) is 9.38. The van der Waals surface area contributed by atoms with Crippen LogP contribution in [0.2, 0.25) is 0 Å². The Bertz CT molecular complexity index is 1070. The number of hydrogen-bond acceptors (Lipinski definition) is 4. The smallest absolute Gasteiger partial charge is 0.255 e. The molecule has 0 saturated carbocycles. The van der Waals surface area contributed by atoms with E-state index in [1.807, 2.05) is 38.0 Å². The first kappa shape index (κ1) is 23.8. The highest BCUT2D eigenvalue weighted by Crippen LogP contribution is 2.28. The van der Waals surface area contributed by atoms with Crippen molar-refractivity contribution in [3.63, 3.8) is 0 Å². The van der Waals surface area contributed by atoms with Crippen LogP contribution in [0.5, 0.6) is 0 Å². The van der Waals surface area contributed by atoms with Crippen LogP contribution in [0.3, 0.4) is 0 Å². The van der Waals surface area contributed by atoms with Crippen molar-refractivity contribution >= 4 is 27.7 Å². The monoisotopic (exact) mass is 460 g/mol. The summed E-state index contributed by atoms with van der Waals surface area (Å²) in [5, 5.41) is 0. The molecule has 1 saturated heterocycles. The molecule has 0 spiro atoms. The maximum Gasteiger partial charge on any atom is 0.255 e. The Balaban J connectivity index is 1.90. The molecule has 2 aromatic carbocycles. The number of rotatable bonds is 6. The van der Waals surface area contributed by atoms with E-state index >= 15 is 0 Å². The molecular weight excluding hydrogens is 428 g/mol. The second-order valence-electron chi connectivity index (χ2n) is 8.35. The normalized spacial score (nSPS) is 15.7. The van der Waals surface area contributed by atoms with Crippen LogP contribution in [-0.4, -0.2) is 38.6 Å². The molecule has 3 rings (SSSR count). The van der Waals surface area contributed by atoms with Gasteiger partial charge in [0.2, 0.25) is 10.0 Å². The van der Waals surface area contributed by atoms with Crippen molar-refractivity contribution in [2.75, 3.05) is 19.3 Å². The molecule has 1 aliphatic rings. The Kier molecular flexibility index (Phi) is 7.50. The molecule has 0 aromatic heterocycles. The highest BCUT2D eigenvalue weighted by Gasteiger charge is 2.25. The van der Waals surface area contributed by atoms with Gasteiger partial charge in [-0.25, -0.2) is 13.1 Å². The summed E-state index contributed by atoms with van der Waals surface area (Å²) in [5.41, 5.74) is 4.79. The minimum Gasteiger partial charge on any atom is -0.339 e. The molecule has 1 N–H and O–H groups in total. The van der Waals surface area contributed by atoms with Crippen LogP contribution < -0.4 is 4.72 Å². The zero-order valence-corrected chi connectivity index (χ0v) is 20.6. The highest BCUT2D eigenvalue weighted by atomic mass is 32.2. The average Bonchev–Trinajstić information content (AvgIpc) is 2.75. The number of amides is 1. The maximum atomic E-state index is 13.2. The van der Waals surface area contributed by atoms with E-state index < -0.39 is 10.0 Å². The Morgan fingerprint density at radius 3 is 2.29 bits per heavy atom. The number of nitrogens with one attached hydrogen (secondary N) is 1. The standard InChI is InChI=1S/C24H32N2O3S2/c1-16-13-18(3)21(14-17(16)2)19(4)25-31(28,29)20-9-10-23(30-5)22(15-20)24(27)26-11-7-6-8-12-26/h9-10,13-15,19,25H,6-8,11-12H2,1-5H3/t19-/m1/s1. The number of aryl methyl sites for hydroxylation is 3. The van der Waals surface area contributed by atoms with Crippen LogP contribution in [0.4, 0.5) is 0 Å². The Hall–Kier alpha value is -1.83. The van der Waals surface area contributed by atoms with Crippen molar-refractivity contribution in [2.45, 2.75) is 62.8 Å². The van der Waals surface area contributed by atoms with E-state index in [0.717, 1.165) is 53.9 Å². The molecule has 7 heteroatoms. The van der Waals surface area contributed by atoms with Crippen LogP contribution in [0.25, 0.3) is 0 Å². The Morgan fingerprint density at radius 1 is 1.00 bits per heavy atom. The lowest BCUT2D eigenvalue weighted by atomic mass is 9.97. The molecule has 0 unspecified atom stereocenters. The number of sulfonamides is 1. The number of nitrogens with zero attached hydrogens (tertiary/aromatic N) is 1. The van der Waals surface area contributed by atoms with E-state index in [0.29, 0.717) is 5.56 Å². The van der Waals surface area contributed by atoms with Crippen LogP contribution in [0.15, 0.2) is 40.1 Å². The molecule has 168 valence electrons. The molecule has 0 radical (unpaired) electrons.